The van der Waals surface area contributed by atoms with Crippen molar-refractivity contribution in [2.45, 2.75) is 38.4 Å². The molecule has 0 aliphatic carbocycles. The van der Waals surface area contributed by atoms with Gasteiger partial charge in [-0.05, 0) is 25.1 Å². The number of rotatable bonds is 7. The summed E-state index contributed by atoms with van der Waals surface area (Å²) in [5, 5.41) is 15.8. The lowest BCUT2D eigenvalue weighted by atomic mass is 10.2. The number of hydrogen-bond donors (Lipinski definition) is 4. The molecule has 2 aromatic carbocycles. The number of hydrogen-bond acceptors (Lipinski definition) is 6. The van der Waals surface area contributed by atoms with Crippen LogP contribution in [0.15, 0.2) is 70.4 Å². The summed E-state index contributed by atoms with van der Waals surface area (Å²) in [4.78, 5) is 38.4. The van der Waals surface area contributed by atoms with Gasteiger partial charge in [0, 0.05) is 36.0 Å². The van der Waals surface area contributed by atoms with E-state index < -0.39 is 35.7 Å². The van der Waals surface area contributed by atoms with Crippen LogP contribution in [-0.4, -0.2) is 39.4 Å². The molecule has 10 nitrogen and oxygen atoms in total. The van der Waals surface area contributed by atoms with Gasteiger partial charge < -0.3 is 25.2 Å². The van der Waals surface area contributed by atoms with Crippen LogP contribution in [0.5, 0.6) is 5.75 Å². The minimum atomic E-state index is -0.893. The van der Waals surface area contributed by atoms with Crippen LogP contribution >= 0.6 is 0 Å². The Labute approximate surface area is 195 Å². The molecule has 1 saturated heterocycles. The third-order valence-corrected chi connectivity index (χ3v) is 5.53. The van der Waals surface area contributed by atoms with Crippen molar-refractivity contribution in [3.8, 4) is 5.75 Å². The van der Waals surface area contributed by atoms with Gasteiger partial charge in [0.15, 0.2) is 0 Å². The molecule has 10 heteroatoms. The third kappa shape index (κ3) is 5.53. The van der Waals surface area contributed by atoms with Crippen LogP contribution in [0.2, 0.25) is 0 Å². The highest BCUT2D eigenvalue weighted by Crippen LogP contribution is 2.27. The molecule has 1 aromatic heterocycles. The average molecular weight is 466 g/mol. The molecule has 1 aliphatic heterocycles. The molecule has 4 N–H and O–H groups in total. The summed E-state index contributed by atoms with van der Waals surface area (Å²) in [6.45, 7) is 1.88. The van der Waals surface area contributed by atoms with Gasteiger partial charge in [0.25, 0.3) is 5.56 Å². The number of carbonyl (C=O) groups is 1. The van der Waals surface area contributed by atoms with Crippen LogP contribution in [0.4, 0.5) is 10.5 Å². The number of amides is 2. The van der Waals surface area contributed by atoms with Crippen molar-refractivity contribution in [3.63, 3.8) is 0 Å². The first-order valence-electron chi connectivity index (χ1n) is 10.9. The number of aryl methyl sites for hydroxylation is 1. The molecule has 2 amide bonds. The fraction of sp³-hybridized carbons (Fsp3) is 0.292. The van der Waals surface area contributed by atoms with E-state index in [-0.39, 0.29) is 19.6 Å². The summed E-state index contributed by atoms with van der Waals surface area (Å²) in [6, 6.07) is 16.2. The number of H-pyrrole nitrogens is 1. The second-order valence-corrected chi connectivity index (χ2v) is 8.00. The van der Waals surface area contributed by atoms with E-state index in [1.165, 1.54) is 10.8 Å². The summed E-state index contributed by atoms with van der Waals surface area (Å²) in [5.74, 6) is 0.723. The summed E-state index contributed by atoms with van der Waals surface area (Å²) >= 11 is 0. The predicted molar refractivity (Wildman–Crippen MR) is 125 cm³/mol. The molecule has 178 valence electrons. The number of aromatic amines is 1. The monoisotopic (exact) mass is 466 g/mol. The van der Waals surface area contributed by atoms with Crippen LogP contribution < -0.4 is 26.6 Å². The van der Waals surface area contributed by atoms with Crippen molar-refractivity contribution in [3.05, 3.63) is 92.8 Å². The second kappa shape index (κ2) is 10.4. The molecule has 2 heterocycles. The Morgan fingerprint density at radius 1 is 1.18 bits per heavy atom. The van der Waals surface area contributed by atoms with Gasteiger partial charge in [-0.1, -0.05) is 36.4 Å². The highest BCUT2D eigenvalue weighted by Gasteiger charge is 2.35. The Hall–Kier alpha value is -3.89. The smallest absolute Gasteiger partial charge is 0.330 e. The number of aliphatic hydroxyl groups excluding tert-OH is 1. The van der Waals surface area contributed by atoms with Crippen LogP contribution in [-0.2, 0) is 11.3 Å². The lowest BCUT2D eigenvalue weighted by Crippen LogP contribution is -2.39. The molecule has 0 spiro atoms. The van der Waals surface area contributed by atoms with Crippen molar-refractivity contribution in [2.24, 2.45) is 0 Å². The van der Waals surface area contributed by atoms with Gasteiger partial charge in [-0.15, -0.1) is 0 Å². The van der Waals surface area contributed by atoms with E-state index in [0.717, 1.165) is 11.3 Å². The molecule has 3 aromatic rings. The maximum Gasteiger partial charge on any atom is 0.330 e. The van der Waals surface area contributed by atoms with Gasteiger partial charge >= 0.3 is 11.7 Å². The molecular weight excluding hydrogens is 440 g/mol. The topological polar surface area (TPSA) is 135 Å². The fourth-order valence-electron chi connectivity index (χ4n) is 3.68. The molecule has 3 atom stereocenters. The van der Waals surface area contributed by atoms with Crippen molar-refractivity contribution in [2.75, 3.05) is 11.9 Å². The van der Waals surface area contributed by atoms with E-state index in [0.29, 0.717) is 11.3 Å². The first-order valence-corrected chi connectivity index (χ1v) is 10.9. The molecule has 1 fully saturated rings. The normalized spacial score (nSPS) is 19.5. The lowest BCUT2D eigenvalue weighted by Gasteiger charge is -2.18. The Bertz CT molecular complexity index is 1260. The van der Waals surface area contributed by atoms with Gasteiger partial charge in [0.1, 0.15) is 24.7 Å². The number of urea groups is 1. The molecule has 1 aliphatic rings. The minimum absolute atomic E-state index is 0.0310. The fourth-order valence-corrected chi connectivity index (χ4v) is 3.68. The van der Waals surface area contributed by atoms with E-state index in [9.17, 15) is 19.5 Å². The van der Waals surface area contributed by atoms with Crippen LogP contribution in [0, 0.1) is 6.92 Å². The van der Waals surface area contributed by atoms with Gasteiger partial charge in [-0.2, -0.15) is 0 Å². The maximum absolute atomic E-state index is 12.5. The van der Waals surface area contributed by atoms with E-state index in [1.54, 1.807) is 19.1 Å². The number of para-hydroxylation sites is 2. The Morgan fingerprint density at radius 3 is 2.71 bits per heavy atom. The zero-order chi connectivity index (χ0) is 24.1. The Morgan fingerprint density at radius 2 is 1.91 bits per heavy atom. The quantitative estimate of drug-likeness (QED) is 0.420. The highest BCUT2D eigenvalue weighted by atomic mass is 16.5. The number of anilines is 1. The van der Waals surface area contributed by atoms with Gasteiger partial charge in [0.05, 0.1) is 6.10 Å². The number of aliphatic hydroxyl groups is 1. The standard InChI is InChI=1S/C24H26N4O6/c1-15-13-28(24(32)27-22(15)30)21-11-19(29)20(34-21)12-25-23(31)26-18-10-6-5-7-16(18)14-33-17-8-3-2-4-9-17/h2-10,13,19-21,29H,11-12,14H2,1H3,(H2,25,26,31)(H,27,30,32)/t19-,20+,21+/m0/s1. The third-order valence-electron chi connectivity index (χ3n) is 5.53. The van der Waals surface area contributed by atoms with E-state index in [1.807, 2.05) is 42.5 Å². The largest absolute Gasteiger partial charge is 0.489 e. The first-order chi connectivity index (χ1) is 16.4. The van der Waals surface area contributed by atoms with Crippen LogP contribution in [0.25, 0.3) is 0 Å². The van der Waals surface area contributed by atoms with E-state index >= 15 is 0 Å². The molecule has 0 saturated carbocycles. The lowest BCUT2D eigenvalue weighted by molar-refractivity contribution is -0.0178. The van der Waals surface area contributed by atoms with E-state index in [4.69, 9.17) is 9.47 Å². The number of nitrogens with zero attached hydrogens (tertiary/aromatic N) is 1. The maximum atomic E-state index is 12.5. The van der Waals surface area contributed by atoms with Gasteiger partial charge in [-0.25, -0.2) is 9.59 Å². The molecule has 34 heavy (non-hydrogen) atoms. The zero-order valence-electron chi connectivity index (χ0n) is 18.6. The first kappa shape index (κ1) is 23.3. The summed E-state index contributed by atoms with van der Waals surface area (Å²) in [6.07, 6.45) is -0.805. The average Bonchev–Trinajstić information content (AvgIpc) is 3.20. The second-order valence-electron chi connectivity index (χ2n) is 8.00. The molecular formula is C24H26N4O6. The van der Waals surface area contributed by atoms with Crippen molar-refractivity contribution < 1.29 is 19.4 Å². The summed E-state index contributed by atoms with van der Waals surface area (Å²) in [7, 11) is 0. The SMILES string of the molecule is Cc1cn([C@H]2C[C@H](O)[C@@H](CNC(=O)Nc3ccccc3COc3ccccc3)O2)c(=O)[nH]c1=O. The van der Waals surface area contributed by atoms with Crippen LogP contribution in [0.1, 0.15) is 23.8 Å². The predicted octanol–water partition coefficient (Wildman–Crippen LogP) is 1.89. The van der Waals surface area contributed by atoms with Crippen LogP contribution in [0.3, 0.4) is 0 Å². The van der Waals surface area contributed by atoms with Crippen molar-refractivity contribution >= 4 is 11.7 Å². The highest BCUT2D eigenvalue weighted by molar-refractivity contribution is 5.90. The number of nitrogens with one attached hydrogen (secondary N) is 3. The van der Waals surface area contributed by atoms with Gasteiger partial charge in [0.2, 0.25) is 0 Å². The number of carbonyl (C=O) groups excluding carboxylic acids is 1. The van der Waals surface area contributed by atoms with E-state index in [2.05, 4.69) is 15.6 Å². The van der Waals surface area contributed by atoms with Gasteiger partial charge in [-0.3, -0.25) is 14.3 Å². The Balaban J connectivity index is 1.33. The molecule has 0 bridgehead atoms. The molecule has 0 radical (unpaired) electrons. The molecule has 4 rings (SSSR count). The number of ether oxygens (including phenoxy) is 2. The summed E-state index contributed by atoms with van der Waals surface area (Å²) in [5.41, 5.74) is 0.662. The number of aromatic nitrogens is 2. The van der Waals surface area contributed by atoms with Crippen molar-refractivity contribution in [1.82, 2.24) is 14.9 Å². The minimum Gasteiger partial charge on any atom is -0.489 e. The Kier molecular flexibility index (Phi) is 7.09. The van der Waals surface area contributed by atoms with Crippen molar-refractivity contribution in [1.29, 1.82) is 0 Å². The summed E-state index contributed by atoms with van der Waals surface area (Å²) < 4.78 is 12.8. The zero-order valence-corrected chi connectivity index (χ0v) is 18.6. The number of benzene rings is 2. The molecule has 0 unspecified atom stereocenters.